The molecule has 0 spiro atoms. The van der Waals surface area contributed by atoms with E-state index in [1.807, 2.05) is 77.7 Å². The molecule has 1 saturated carbocycles. The molecule has 138 valence electrons. The van der Waals surface area contributed by atoms with Gasteiger partial charge in [-0.15, -0.1) is 0 Å². The largest absolute Gasteiger partial charge is 0.481 e. The normalized spacial score (nSPS) is 25.5. The lowest BCUT2D eigenvalue weighted by Crippen LogP contribution is -2.42. The molecular formula is C23H23NO3. The van der Waals surface area contributed by atoms with Crippen LogP contribution in [0.4, 0.5) is 0 Å². The van der Waals surface area contributed by atoms with Gasteiger partial charge in [-0.1, -0.05) is 72.8 Å². The lowest BCUT2D eigenvalue weighted by atomic mass is 9.82. The van der Waals surface area contributed by atoms with E-state index < -0.39 is 17.8 Å². The molecule has 1 amide bonds. The molecule has 27 heavy (non-hydrogen) atoms. The molecule has 2 bridgehead atoms. The van der Waals surface area contributed by atoms with Crippen molar-refractivity contribution in [2.24, 2.45) is 23.7 Å². The van der Waals surface area contributed by atoms with Crippen LogP contribution in [0.15, 0.2) is 72.8 Å². The highest BCUT2D eigenvalue weighted by atomic mass is 16.4. The lowest BCUT2D eigenvalue weighted by molar-refractivity contribution is -0.151. The number of carboxylic acids is 1. The second-order valence-corrected chi connectivity index (χ2v) is 7.50. The Hall–Kier alpha value is -2.88. The fraction of sp³-hybridized carbons (Fsp3) is 0.304. The van der Waals surface area contributed by atoms with Gasteiger partial charge in [0.15, 0.2) is 0 Å². The van der Waals surface area contributed by atoms with Gasteiger partial charge in [0, 0.05) is 13.1 Å². The molecule has 4 atom stereocenters. The van der Waals surface area contributed by atoms with Crippen molar-refractivity contribution in [2.75, 3.05) is 0 Å². The van der Waals surface area contributed by atoms with Gasteiger partial charge in [0.25, 0.3) is 0 Å². The number of amides is 1. The molecule has 2 aliphatic rings. The van der Waals surface area contributed by atoms with Crippen molar-refractivity contribution in [3.63, 3.8) is 0 Å². The molecule has 0 radical (unpaired) electrons. The average molecular weight is 361 g/mol. The number of fused-ring (bicyclic) bond motifs is 2. The van der Waals surface area contributed by atoms with Crippen LogP contribution in [0.2, 0.25) is 0 Å². The van der Waals surface area contributed by atoms with E-state index in [-0.39, 0.29) is 17.7 Å². The monoisotopic (exact) mass is 361 g/mol. The van der Waals surface area contributed by atoms with Crippen molar-refractivity contribution in [3.8, 4) is 0 Å². The van der Waals surface area contributed by atoms with Gasteiger partial charge >= 0.3 is 5.97 Å². The van der Waals surface area contributed by atoms with E-state index in [9.17, 15) is 14.7 Å². The van der Waals surface area contributed by atoms with Crippen molar-refractivity contribution in [1.82, 2.24) is 4.90 Å². The van der Waals surface area contributed by atoms with E-state index in [0.717, 1.165) is 17.5 Å². The second kappa shape index (κ2) is 7.39. The first-order valence-corrected chi connectivity index (χ1v) is 9.41. The minimum Gasteiger partial charge on any atom is -0.481 e. The number of carboxylic acid groups (broad SMARTS) is 1. The summed E-state index contributed by atoms with van der Waals surface area (Å²) in [7, 11) is 0. The van der Waals surface area contributed by atoms with Crippen LogP contribution in [0.25, 0.3) is 0 Å². The van der Waals surface area contributed by atoms with Crippen LogP contribution in [-0.2, 0) is 22.7 Å². The molecule has 1 N–H and O–H groups in total. The van der Waals surface area contributed by atoms with Crippen LogP contribution < -0.4 is 0 Å². The first kappa shape index (κ1) is 17.5. The maximum absolute atomic E-state index is 13.5. The fourth-order valence-corrected chi connectivity index (χ4v) is 4.53. The summed E-state index contributed by atoms with van der Waals surface area (Å²) >= 11 is 0. The summed E-state index contributed by atoms with van der Waals surface area (Å²) < 4.78 is 0. The smallest absolute Gasteiger partial charge is 0.307 e. The summed E-state index contributed by atoms with van der Waals surface area (Å²) in [6, 6.07) is 19.7. The molecule has 0 unspecified atom stereocenters. The van der Waals surface area contributed by atoms with Crippen molar-refractivity contribution < 1.29 is 14.7 Å². The van der Waals surface area contributed by atoms with Crippen LogP contribution in [0.1, 0.15) is 17.5 Å². The summed E-state index contributed by atoms with van der Waals surface area (Å²) in [6.45, 7) is 0.969. The molecule has 1 fully saturated rings. The number of hydrogen-bond acceptors (Lipinski definition) is 2. The number of hydrogen-bond donors (Lipinski definition) is 1. The number of aliphatic carboxylic acids is 1. The minimum absolute atomic E-state index is 0.0169. The third-order valence-electron chi connectivity index (χ3n) is 5.77. The highest BCUT2D eigenvalue weighted by molar-refractivity contribution is 5.87. The van der Waals surface area contributed by atoms with E-state index in [1.165, 1.54) is 0 Å². The van der Waals surface area contributed by atoms with E-state index in [4.69, 9.17) is 0 Å². The molecule has 0 aliphatic heterocycles. The first-order valence-electron chi connectivity index (χ1n) is 9.41. The highest BCUT2D eigenvalue weighted by Gasteiger charge is 2.52. The van der Waals surface area contributed by atoms with E-state index in [2.05, 4.69) is 0 Å². The first-order chi connectivity index (χ1) is 13.1. The summed E-state index contributed by atoms with van der Waals surface area (Å²) in [5.41, 5.74) is 2.10. The van der Waals surface area contributed by atoms with Crippen molar-refractivity contribution in [3.05, 3.63) is 83.9 Å². The van der Waals surface area contributed by atoms with Gasteiger partial charge < -0.3 is 10.0 Å². The maximum Gasteiger partial charge on any atom is 0.307 e. The van der Waals surface area contributed by atoms with Crippen LogP contribution in [0.3, 0.4) is 0 Å². The molecule has 4 rings (SSSR count). The molecule has 2 aliphatic carbocycles. The van der Waals surface area contributed by atoms with Crippen molar-refractivity contribution in [1.29, 1.82) is 0 Å². The van der Waals surface area contributed by atoms with Crippen molar-refractivity contribution in [2.45, 2.75) is 19.5 Å². The Labute approximate surface area is 159 Å². The molecular weight excluding hydrogens is 338 g/mol. The van der Waals surface area contributed by atoms with Crippen LogP contribution >= 0.6 is 0 Å². The summed E-state index contributed by atoms with van der Waals surface area (Å²) in [5.74, 6) is -1.96. The third-order valence-corrected chi connectivity index (χ3v) is 5.77. The Bertz CT molecular complexity index is 805. The maximum atomic E-state index is 13.5. The lowest BCUT2D eigenvalue weighted by Gasteiger charge is -2.31. The Balaban J connectivity index is 1.62. The Morgan fingerprint density at radius 1 is 0.815 bits per heavy atom. The average Bonchev–Trinajstić information content (AvgIpc) is 3.30. The molecule has 0 heterocycles. The fourth-order valence-electron chi connectivity index (χ4n) is 4.53. The summed E-state index contributed by atoms with van der Waals surface area (Å²) in [4.78, 5) is 27.1. The standard InChI is InChI=1S/C23H23NO3/c25-22(20-18-11-12-19(13-18)21(20)23(26)27)24(14-16-7-3-1-4-8-16)15-17-9-5-2-6-10-17/h1-12,18-21H,13-15H2,(H,26,27)/t18-,19-,20-,21-/m0/s1. The Morgan fingerprint density at radius 3 is 1.78 bits per heavy atom. The quantitative estimate of drug-likeness (QED) is 0.798. The molecule has 0 aromatic heterocycles. The molecule has 4 nitrogen and oxygen atoms in total. The van der Waals surface area contributed by atoms with Gasteiger partial charge in [-0.05, 0) is 29.4 Å². The Kier molecular flexibility index (Phi) is 4.80. The zero-order valence-electron chi connectivity index (χ0n) is 15.1. The van der Waals surface area contributed by atoms with Crippen LogP contribution in [0, 0.1) is 23.7 Å². The SMILES string of the molecule is O=C(O)[C@@H]1[C@@H](C(=O)N(Cc2ccccc2)Cc2ccccc2)[C@H]2C=C[C@H]1C2. The van der Waals surface area contributed by atoms with Crippen LogP contribution in [0.5, 0.6) is 0 Å². The number of benzene rings is 2. The van der Waals surface area contributed by atoms with E-state index >= 15 is 0 Å². The zero-order chi connectivity index (χ0) is 18.8. The number of nitrogens with zero attached hydrogens (tertiary/aromatic N) is 1. The predicted molar refractivity (Wildman–Crippen MR) is 102 cm³/mol. The Morgan fingerprint density at radius 2 is 1.30 bits per heavy atom. The zero-order valence-corrected chi connectivity index (χ0v) is 15.1. The van der Waals surface area contributed by atoms with E-state index in [0.29, 0.717) is 13.1 Å². The second-order valence-electron chi connectivity index (χ2n) is 7.50. The van der Waals surface area contributed by atoms with Gasteiger partial charge in [0.2, 0.25) is 5.91 Å². The molecule has 2 aromatic carbocycles. The van der Waals surface area contributed by atoms with Gasteiger partial charge in [0.05, 0.1) is 11.8 Å². The molecule has 0 saturated heterocycles. The number of carbonyl (C=O) groups excluding carboxylic acids is 1. The van der Waals surface area contributed by atoms with Gasteiger partial charge in [-0.2, -0.15) is 0 Å². The van der Waals surface area contributed by atoms with Gasteiger partial charge in [-0.3, -0.25) is 9.59 Å². The molecule has 2 aromatic rings. The highest BCUT2D eigenvalue weighted by Crippen LogP contribution is 2.49. The number of allylic oxidation sites excluding steroid dienone is 2. The topological polar surface area (TPSA) is 57.6 Å². The van der Waals surface area contributed by atoms with Gasteiger partial charge in [0.1, 0.15) is 0 Å². The molecule has 4 heteroatoms. The number of rotatable bonds is 6. The predicted octanol–water partition coefficient (Wildman–Crippen LogP) is 3.74. The summed E-state index contributed by atoms with van der Waals surface area (Å²) in [6.07, 6.45) is 4.79. The third kappa shape index (κ3) is 3.52. The number of carbonyl (C=O) groups is 2. The van der Waals surface area contributed by atoms with E-state index in [1.54, 1.807) is 0 Å². The van der Waals surface area contributed by atoms with Crippen molar-refractivity contribution >= 4 is 11.9 Å². The van der Waals surface area contributed by atoms with Crippen LogP contribution in [-0.4, -0.2) is 21.9 Å². The summed E-state index contributed by atoms with van der Waals surface area (Å²) in [5, 5.41) is 9.71. The minimum atomic E-state index is -0.857. The van der Waals surface area contributed by atoms with Gasteiger partial charge in [-0.25, -0.2) is 0 Å².